The van der Waals surface area contributed by atoms with Gasteiger partial charge in [0.2, 0.25) is 6.33 Å². The summed E-state index contributed by atoms with van der Waals surface area (Å²) in [4.78, 5) is 21.6. The third-order valence-electron chi connectivity index (χ3n) is 1.31. The molecule has 0 unspecified atom stereocenters. The lowest BCUT2D eigenvalue weighted by molar-refractivity contribution is 0.278. The second-order valence-corrected chi connectivity index (χ2v) is 2.19. The molecule has 0 saturated carbocycles. The van der Waals surface area contributed by atoms with Crippen molar-refractivity contribution in [2.75, 3.05) is 6.61 Å². The van der Waals surface area contributed by atoms with Crippen molar-refractivity contribution in [3.05, 3.63) is 27.0 Å². The van der Waals surface area contributed by atoms with Crippen molar-refractivity contribution in [3.8, 4) is 0 Å². The van der Waals surface area contributed by atoms with E-state index in [1.807, 2.05) is 5.10 Å². The topological polar surface area (TPSA) is 88.0 Å². The van der Waals surface area contributed by atoms with Crippen LogP contribution in [0.5, 0.6) is 0 Å². The van der Waals surface area contributed by atoms with Crippen molar-refractivity contribution in [3.63, 3.8) is 0 Å². The molecule has 1 aromatic heterocycles. The van der Waals surface area contributed by atoms with E-state index in [4.69, 9.17) is 5.11 Å². The average Bonchev–Trinajstić information content (AvgIpc) is 2.08. The fraction of sp³-hybridized carbons (Fsp3) is 0.500. The molecule has 0 aromatic carbocycles. The van der Waals surface area contributed by atoms with Crippen LogP contribution >= 0.6 is 0 Å². The summed E-state index contributed by atoms with van der Waals surface area (Å²) in [5, 5.41) is 13.7. The number of aryl methyl sites for hydroxylation is 1. The van der Waals surface area contributed by atoms with E-state index in [1.54, 1.807) is 0 Å². The molecule has 6 nitrogen and oxygen atoms in total. The maximum atomic E-state index is 10.9. The standard InChI is InChI=1S/C6H8N3O3/c10-3-1-2-9-4-7-8-5(11)6(9)12/h10H,1-3H2,(H,8,11). The Bertz CT molecular complexity index is 354. The molecule has 0 bridgehead atoms. The summed E-state index contributed by atoms with van der Waals surface area (Å²) in [6.07, 6.45) is 2.70. The molecule has 0 saturated heterocycles. The number of H-pyrrole nitrogens is 1. The minimum atomic E-state index is -0.772. The van der Waals surface area contributed by atoms with Crippen molar-refractivity contribution in [1.29, 1.82) is 0 Å². The van der Waals surface area contributed by atoms with Crippen LogP contribution in [0.1, 0.15) is 6.42 Å². The minimum absolute atomic E-state index is 0.0346. The SMILES string of the molecule is O=c1[nH]n[c]n(CCCO)c1=O. The highest BCUT2D eigenvalue weighted by Gasteiger charge is 1.99. The molecule has 0 amide bonds. The van der Waals surface area contributed by atoms with E-state index in [0.717, 1.165) is 4.57 Å². The van der Waals surface area contributed by atoms with Crippen molar-refractivity contribution in [2.24, 2.45) is 0 Å². The summed E-state index contributed by atoms with van der Waals surface area (Å²) < 4.78 is 1.04. The zero-order valence-electron chi connectivity index (χ0n) is 6.28. The lowest BCUT2D eigenvalue weighted by Gasteiger charge is -1.98. The van der Waals surface area contributed by atoms with Crippen LogP contribution in [0.4, 0.5) is 0 Å². The van der Waals surface area contributed by atoms with Gasteiger partial charge < -0.3 is 5.11 Å². The van der Waals surface area contributed by atoms with Crippen molar-refractivity contribution >= 4 is 0 Å². The first kappa shape index (κ1) is 8.66. The Morgan fingerprint density at radius 3 is 3.00 bits per heavy atom. The van der Waals surface area contributed by atoms with Gasteiger partial charge in [0.05, 0.1) is 0 Å². The molecule has 12 heavy (non-hydrogen) atoms. The van der Waals surface area contributed by atoms with E-state index in [-0.39, 0.29) is 13.2 Å². The molecule has 1 heterocycles. The summed E-state index contributed by atoms with van der Waals surface area (Å²) in [7, 11) is 0. The van der Waals surface area contributed by atoms with Crippen LogP contribution in [-0.2, 0) is 6.54 Å². The third-order valence-corrected chi connectivity index (χ3v) is 1.31. The summed E-state index contributed by atoms with van der Waals surface area (Å²) >= 11 is 0. The molecule has 1 aromatic rings. The van der Waals surface area contributed by atoms with Crippen LogP contribution < -0.4 is 11.1 Å². The third kappa shape index (κ3) is 1.79. The normalized spacial score (nSPS) is 10.1. The second kappa shape index (κ2) is 3.82. The molecule has 1 radical (unpaired) electrons. The van der Waals surface area contributed by atoms with Gasteiger partial charge in [-0.15, -0.1) is 0 Å². The Hall–Kier alpha value is -1.43. The van der Waals surface area contributed by atoms with Gasteiger partial charge in [-0.1, -0.05) is 0 Å². The molecule has 2 N–H and O–H groups in total. The Labute approximate surface area is 67.5 Å². The van der Waals surface area contributed by atoms with Gasteiger partial charge in [0.25, 0.3) is 0 Å². The predicted octanol–water partition coefficient (Wildman–Crippen LogP) is -1.89. The molecule has 65 valence electrons. The second-order valence-electron chi connectivity index (χ2n) is 2.19. The van der Waals surface area contributed by atoms with E-state index < -0.39 is 11.1 Å². The number of hydrogen-bond donors (Lipinski definition) is 2. The number of aliphatic hydroxyl groups excluding tert-OH is 1. The van der Waals surface area contributed by atoms with Crippen LogP contribution in [0.15, 0.2) is 9.59 Å². The molecule has 0 spiro atoms. The molecule has 0 aliphatic rings. The molecule has 0 aliphatic heterocycles. The van der Waals surface area contributed by atoms with Gasteiger partial charge in [0, 0.05) is 13.2 Å². The number of rotatable bonds is 3. The predicted molar refractivity (Wildman–Crippen MR) is 39.7 cm³/mol. The van der Waals surface area contributed by atoms with Crippen molar-refractivity contribution in [2.45, 2.75) is 13.0 Å². The first-order chi connectivity index (χ1) is 5.75. The van der Waals surface area contributed by atoms with E-state index in [9.17, 15) is 9.59 Å². The maximum absolute atomic E-state index is 10.9. The lowest BCUT2D eigenvalue weighted by Crippen LogP contribution is -2.37. The minimum Gasteiger partial charge on any atom is -0.396 e. The van der Waals surface area contributed by atoms with Crippen molar-refractivity contribution < 1.29 is 5.11 Å². The lowest BCUT2D eigenvalue weighted by atomic mass is 10.4. The Morgan fingerprint density at radius 2 is 2.33 bits per heavy atom. The zero-order valence-corrected chi connectivity index (χ0v) is 6.28. The van der Waals surface area contributed by atoms with Gasteiger partial charge in [0.1, 0.15) is 0 Å². The number of nitrogens with one attached hydrogen (secondary N) is 1. The van der Waals surface area contributed by atoms with Crippen molar-refractivity contribution in [1.82, 2.24) is 14.8 Å². The molecule has 0 atom stereocenters. The molecular formula is C6H8N3O3. The largest absolute Gasteiger partial charge is 0.396 e. The fourth-order valence-electron chi connectivity index (χ4n) is 0.732. The van der Waals surface area contributed by atoms with Crippen LogP contribution in [0.3, 0.4) is 0 Å². The maximum Gasteiger partial charge on any atom is 0.330 e. The van der Waals surface area contributed by atoms with Crippen LogP contribution in [0.25, 0.3) is 0 Å². The van der Waals surface area contributed by atoms with Crippen LogP contribution in [-0.4, -0.2) is 26.5 Å². The zero-order chi connectivity index (χ0) is 8.97. The van der Waals surface area contributed by atoms with E-state index >= 15 is 0 Å². The van der Waals surface area contributed by atoms with Gasteiger partial charge >= 0.3 is 11.1 Å². The van der Waals surface area contributed by atoms with E-state index in [0.29, 0.717) is 6.42 Å². The molecule has 0 aliphatic carbocycles. The first-order valence-electron chi connectivity index (χ1n) is 3.44. The number of aliphatic hydroxyl groups is 1. The van der Waals surface area contributed by atoms with Gasteiger partial charge in [0.15, 0.2) is 0 Å². The smallest absolute Gasteiger partial charge is 0.330 e. The average molecular weight is 170 g/mol. The summed E-state index contributed by atoms with van der Waals surface area (Å²) in [6, 6.07) is 0. The molecular weight excluding hydrogens is 162 g/mol. The Kier molecular flexibility index (Phi) is 2.76. The Morgan fingerprint density at radius 1 is 1.58 bits per heavy atom. The van der Waals surface area contributed by atoms with Crippen LogP contribution in [0, 0.1) is 6.33 Å². The van der Waals surface area contributed by atoms with E-state index in [1.165, 1.54) is 0 Å². The van der Waals surface area contributed by atoms with Gasteiger partial charge in [-0.25, -0.2) is 5.10 Å². The number of hydrogen-bond acceptors (Lipinski definition) is 4. The summed E-state index contributed by atoms with van der Waals surface area (Å²) in [5.41, 5.74) is -1.47. The van der Waals surface area contributed by atoms with Gasteiger partial charge in [-0.3, -0.25) is 14.2 Å². The fourth-order valence-corrected chi connectivity index (χ4v) is 0.732. The van der Waals surface area contributed by atoms with Gasteiger partial charge in [-0.05, 0) is 6.42 Å². The quantitative estimate of drug-likeness (QED) is 0.519. The highest BCUT2D eigenvalue weighted by molar-refractivity contribution is 4.72. The highest BCUT2D eigenvalue weighted by Crippen LogP contribution is 1.79. The molecule has 0 fully saturated rings. The highest BCUT2D eigenvalue weighted by atomic mass is 16.3. The number of aromatic nitrogens is 3. The first-order valence-corrected chi connectivity index (χ1v) is 3.44. The number of nitrogens with zero attached hydrogens (tertiary/aromatic N) is 2. The Balaban J connectivity index is 2.93. The van der Waals surface area contributed by atoms with Crippen LogP contribution in [0.2, 0.25) is 0 Å². The summed E-state index contributed by atoms with van der Waals surface area (Å²) in [6.45, 7) is 0.222. The molecule has 6 heteroatoms. The summed E-state index contributed by atoms with van der Waals surface area (Å²) in [5.74, 6) is 0. The van der Waals surface area contributed by atoms with E-state index in [2.05, 4.69) is 11.4 Å². The van der Waals surface area contributed by atoms with Gasteiger partial charge in [-0.2, -0.15) is 5.10 Å². The molecule has 1 rings (SSSR count). The number of aromatic amines is 1. The monoisotopic (exact) mass is 170 g/mol.